The SMILES string of the molecule is CC[C@H](C(=O)NC(C)C)N(Cc1ccc(OC)cc1)C(=O)COc1ccc(Cl)cc1. The molecule has 0 saturated heterocycles. The Bertz CT molecular complexity index is 822. The average molecular weight is 433 g/mol. The number of carbonyl (C=O) groups excluding carboxylic acids is 2. The second kappa shape index (κ2) is 11.5. The van der Waals surface area contributed by atoms with Crippen molar-refractivity contribution in [1.82, 2.24) is 10.2 Å². The highest BCUT2D eigenvalue weighted by Crippen LogP contribution is 2.18. The smallest absolute Gasteiger partial charge is 0.261 e. The Balaban J connectivity index is 2.19. The standard InChI is InChI=1S/C23H29ClN2O4/c1-5-21(23(28)25-16(2)3)26(14-17-6-10-19(29-4)11-7-17)22(27)15-30-20-12-8-18(24)9-13-20/h6-13,16,21H,5,14-15H2,1-4H3,(H,25,28)/t21-/m1/s1. The fourth-order valence-electron chi connectivity index (χ4n) is 2.99. The predicted molar refractivity (Wildman–Crippen MR) is 118 cm³/mol. The molecule has 0 aliphatic rings. The lowest BCUT2D eigenvalue weighted by atomic mass is 10.1. The van der Waals surface area contributed by atoms with E-state index in [4.69, 9.17) is 21.1 Å². The third kappa shape index (κ3) is 6.95. The molecule has 2 aromatic carbocycles. The maximum atomic E-state index is 13.1. The zero-order valence-corrected chi connectivity index (χ0v) is 18.6. The number of hydrogen-bond acceptors (Lipinski definition) is 4. The first kappa shape index (κ1) is 23.5. The minimum atomic E-state index is -0.601. The number of hydrogen-bond donors (Lipinski definition) is 1. The molecule has 0 aliphatic heterocycles. The van der Waals surface area contributed by atoms with Gasteiger partial charge in [0.1, 0.15) is 17.5 Å². The van der Waals surface area contributed by atoms with E-state index in [9.17, 15) is 9.59 Å². The monoisotopic (exact) mass is 432 g/mol. The highest BCUT2D eigenvalue weighted by molar-refractivity contribution is 6.30. The van der Waals surface area contributed by atoms with E-state index in [1.165, 1.54) is 0 Å². The maximum Gasteiger partial charge on any atom is 0.261 e. The summed E-state index contributed by atoms with van der Waals surface area (Å²) in [7, 11) is 1.60. The lowest BCUT2D eigenvalue weighted by molar-refractivity contribution is -0.143. The van der Waals surface area contributed by atoms with Crippen LogP contribution in [0.25, 0.3) is 0 Å². The molecular formula is C23H29ClN2O4. The van der Waals surface area contributed by atoms with Crippen molar-refractivity contribution in [2.75, 3.05) is 13.7 Å². The lowest BCUT2D eigenvalue weighted by Crippen LogP contribution is -2.51. The summed E-state index contributed by atoms with van der Waals surface area (Å²) in [4.78, 5) is 27.4. The zero-order chi connectivity index (χ0) is 22.1. The molecule has 0 bridgehead atoms. The van der Waals surface area contributed by atoms with Crippen LogP contribution in [0.1, 0.15) is 32.8 Å². The molecule has 0 unspecified atom stereocenters. The molecule has 2 amide bonds. The van der Waals surface area contributed by atoms with Crippen LogP contribution in [0.15, 0.2) is 48.5 Å². The number of ether oxygens (including phenoxy) is 2. The molecular weight excluding hydrogens is 404 g/mol. The fourth-order valence-corrected chi connectivity index (χ4v) is 3.11. The van der Waals surface area contributed by atoms with Crippen molar-refractivity contribution in [1.29, 1.82) is 0 Å². The Hall–Kier alpha value is -2.73. The molecule has 2 aromatic rings. The van der Waals surface area contributed by atoms with Gasteiger partial charge in [-0.1, -0.05) is 30.7 Å². The average Bonchev–Trinajstić information content (AvgIpc) is 2.73. The second-order valence-corrected chi connectivity index (χ2v) is 7.64. The summed E-state index contributed by atoms with van der Waals surface area (Å²) in [6.07, 6.45) is 0.487. The minimum Gasteiger partial charge on any atom is -0.497 e. The number of carbonyl (C=O) groups is 2. The van der Waals surface area contributed by atoms with Gasteiger partial charge in [-0.05, 0) is 62.2 Å². The van der Waals surface area contributed by atoms with Crippen molar-refractivity contribution in [2.45, 2.75) is 45.8 Å². The molecule has 162 valence electrons. The van der Waals surface area contributed by atoms with Crippen LogP contribution in [0.5, 0.6) is 11.5 Å². The van der Waals surface area contributed by atoms with E-state index in [0.717, 1.165) is 11.3 Å². The quantitative estimate of drug-likeness (QED) is 0.614. The minimum absolute atomic E-state index is 0.0187. The molecule has 1 atom stereocenters. The molecule has 0 spiro atoms. The Morgan fingerprint density at radius 1 is 1.03 bits per heavy atom. The van der Waals surface area contributed by atoms with Gasteiger partial charge >= 0.3 is 0 Å². The Morgan fingerprint density at radius 3 is 2.17 bits per heavy atom. The number of methoxy groups -OCH3 is 1. The number of benzene rings is 2. The Morgan fingerprint density at radius 2 is 1.63 bits per heavy atom. The molecule has 0 saturated carbocycles. The largest absolute Gasteiger partial charge is 0.497 e. The van der Waals surface area contributed by atoms with Crippen LogP contribution < -0.4 is 14.8 Å². The van der Waals surface area contributed by atoms with E-state index in [0.29, 0.717) is 17.2 Å². The molecule has 1 N–H and O–H groups in total. The van der Waals surface area contributed by atoms with Crippen LogP contribution in [0.2, 0.25) is 5.02 Å². The third-order valence-electron chi connectivity index (χ3n) is 4.50. The van der Waals surface area contributed by atoms with E-state index in [1.807, 2.05) is 45.0 Å². The molecule has 0 fully saturated rings. The topological polar surface area (TPSA) is 67.9 Å². The lowest BCUT2D eigenvalue weighted by Gasteiger charge is -2.31. The first-order chi connectivity index (χ1) is 14.3. The van der Waals surface area contributed by atoms with Crippen LogP contribution in [0, 0.1) is 0 Å². The molecule has 0 radical (unpaired) electrons. The second-order valence-electron chi connectivity index (χ2n) is 7.20. The summed E-state index contributed by atoms with van der Waals surface area (Å²) in [5.41, 5.74) is 0.895. The van der Waals surface area contributed by atoms with E-state index >= 15 is 0 Å². The van der Waals surface area contributed by atoms with Crippen LogP contribution in [-0.4, -0.2) is 42.5 Å². The molecule has 0 heterocycles. The van der Waals surface area contributed by atoms with Crippen molar-refractivity contribution in [3.05, 3.63) is 59.1 Å². The van der Waals surface area contributed by atoms with Gasteiger partial charge in [0, 0.05) is 17.6 Å². The maximum absolute atomic E-state index is 13.1. The number of nitrogens with one attached hydrogen (secondary N) is 1. The van der Waals surface area contributed by atoms with Crippen molar-refractivity contribution in [2.24, 2.45) is 0 Å². The summed E-state index contributed by atoms with van der Waals surface area (Å²) < 4.78 is 10.8. The molecule has 6 nitrogen and oxygen atoms in total. The third-order valence-corrected chi connectivity index (χ3v) is 4.76. The molecule has 0 aliphatic carbocycles. The van der Waals surface area contributed by atoms with Crippen LogP contribution in [0.3, 0.4) is 0 Å². The number of nitrogens with zero attached hydrogens (tertiary/aromatic N) is 1. The van der Waals surface area contributed by atoms with Crippen molar-refractivity contribution in [3.63, 3.8) is 0 Å². The molecule has 30 heavy (non-hydrogen) atoms. The normalized spacial score (nSPS) is 11.7. The number of rotatable bonds is 10. The van der Waals surface area contributed by atoms with Gasteiger partial charge in [-0.15, -0.1) is 0 Å². The summed E-state index contributed by atoms with van der Waals surface area (Å²) in [6, 6.07) is 13.6. The van der Waals surface area contributed by atoms with E-state index in [-0.39, 0.29) is 31.0 Å². The van der Waals surface area contributed by atoms with Crippen molar-refractivity contribution in [3.8, 4) is 11.5 Å². The van der Waals surface area contributed by atoms with Crippen LogP contribution in [-0.2, 0) is 16.1 Å². The Labute approximate surface area is 183 Å². The zero-order valence-electron chi connectivity index (χ0n) is 17.9. The molecule has 7 heteroatoms. The van der Waals surface area contributed by atoms with E-state index < -0.39 is 6.04 Å². The first-order valence-electron chi connectivity index (χ1n) is 9.95. The van der Waals surface area contributed by atoms with E-state index in [2.05, 4.69) is 5.32 Å². The number of halogens is 1. The summed E-state index contributed by atoms with van der Waals surface area (Å²) in [5.74, 6) is 0.816. The fraction of sp³-hybridized carbons (Fsp3) is 0.391. The van der Waals surface area contributed by atoms with Crippen molar-refractivity contribution >= 4 is 23.4 Å². The summed E-state index contributed by atoms with van der Waals surface area (Å²) in [6.45, 7) is 5.78. The van der Waals surface area contributed by atoms with Gasteiger partial charge in [-0.25, -0.2) is 0 Å². The highest BCUT2D eigenvalue weighted by Gasteiger charge is 2.29. The van der Waals surface area contributed by atoms with E-state index in [1.54, 1.807) is 36.3 Å². The number of amides is 2. The highest BCUT2D eigenvalue weighted by atomic mass is 35.5. The summed E-state index contributed by atoms with van der Waals surface area (Å²) >= 11 is 5.89. The van der Waals surface area contributed by atoms with Gasteiger partial charge in [0.2, 0.25) is 5.91 Å². The van der Waals surface area contributed by atoms with Crippen LogP contribution >= 0.6 is 11.6 Å². The van der Waals surface area contributed by atoms with Gasteiger partial charge in [0.25, 0.3) is 5.91 Å². The van der Waals surface area contributed by atoms with Gasteiger partial charge < -0.3 is 19.7 Å². The molecule has 0 aromatic heterocycles. The summed E-state index contributed by atoms with van der Waals surface area (Å²) in [5, 5.41) is 3.49. The first-order valence-corrected chi connectivity index (χ1v) is 10.3. The van der Waals surface area contributed by atoms with Gasteiger partial charge in [-0.3, -0.25) is 9.59 Å². The molecule has 2 rings (SSSR count). The van der Waals surface area contributed by atoms with Gasteiger partial charge in [-0.2, -0.15) is 0 Å². The van der Waals surface area contributed by atoms with Gasteiger partial charge in [0.15, 0.2) is 6.61 Å². The van der Waals surface area contributed by atoms with Gasteiger partial charge in [0.05, 0.1) is 7.11 Å². The predicted octanol–water partition coefficient (Wildman–Crippen LogP) is 4.06. The van der Waals surface area contributed by atoms with Crippen molar-refractivity contribution < 1.29 is 19.1 Å². The van der Waals surface area contributed by atoms with Crippen LogP contribution in [0.4, 0.5) is 0 Å². The Kier molecular flexibility index (Phi) is 8.99.